The Morgan fingerprint density at radius 3 is 1.59 bits per heavy atom. The van der Waals surface area contributed by atoms with Crippen LogP contribution < -0.4 is 0 Å². The second-order valence-corrected chi connectivity index (χ2v) is 16.6. The standard InChI is InChI=1S/C55H33N5S/c1-4-17-34(18-5-1)36-31-32-46-43(33-36)48-42(27-16-30-47(48)61-46)54-56-53(35-19-6-2-7-20-35)57-55(58-54)60-45-29-15-13-26-41(45)50-39-24-11-10-23-38(39)49-40-25-12-14-28-44(40)59(51(49)52(50)60)37-21-8-3-9-22-37/h1-33H. The summed E-state index contributed by atoms with van der Waals surface area (Å²) >= 11 is 1.81. The smallest absolute Gasteiger partial charge is 0.238 e. The van der Waals surface area contributed by atoms with Crippen molar-refractivity contribution in [1.82, 2.24) is 24.1 Å². The number of fused-ring (bicyclic) bond motifs is 13. The zero-order valence-corrected chi connectivity index (χ0v) is 33.5. The van der Waals surface area contributed by atoms with Gasteiger partial charge in [0.25, 0.3) is 0 Å². The fourth-order valence-corrected chi connectivity index (χ4v) is 10.7. The van der Waals surface area contributed by atoms with Crippen LogP contribution in [0.2, 0.25) is 0 Å². The van der Waals surface area contributed by atoms with Crippen LogP contribution in [0.4, 0.5) is 0 Å². The molecule has 284 valence electrons. The molecule has 0 aliphatic rings. The molecule has 0 spiro atoms. The molecule has 0 fully saturated rings. The summed E-state index contributed by atoms with van der Waals surface area (Å²) in [5, 5.41) is 9.46. The molecule has 0 saturated carbocycles. The molecular formula is C55H33N5S. The molecule has 6 heteroatoms. The highest BCUT2D eigenvalue weighted by Gasteiger charge is 2.26. The molecule has 0 bridgehead atoms. The van der Waals surface area contributed by atoms with Gasteiger partial charge in [-0.2, -0.15) is 9.97 Å². The number of benzene rings is 9. The van der Waals surface area contributed by atoms with Gasteiger partial charge in [0.2, 0.25) is 5.95 Å². The van der Waals surface area contributed by atoms with Crippen LogP contribution in [0.1, 0.15) is 0 Å². The molecule has 61 heavy (non-hydrogen) atoms. The predicted molar refractivity (Wildman–Crippen MR) is 255 cm³/mol. The van der Waals surface area contributed by atoms with E-state index < -0.39 is 0 Å². The first-order valence-corrected chi connectivity index (χ1v) is 21.4. The van der Waals surface area contributed by atoms with E-state index in [2.05, 4.69) is 191 Å². The van der Waals surface area contributed by atoms with Crippen molar-refractivity contribution in [3.8, 4) is 45.5 Å². The topological polar surface area (TPSA) is 48.5 Å². The molecule has 0 amide bonds. The third kappa shape index (κ3) is 5.09. The lowest BCUT2D eigenvalue weighted by atomic mass is 9.98. The molecule has 0 saturated heterocycles. The molecule has 0 N–H and O–H groups in total. The third-order valence-corrected chi connectivity index (χ3v) is 13.3. The van der Waals surface area contributed by atoms with Crippen LogP contribution in [-0.4, -0.2) is 24.1 Å². The highest BCUT2D eigenvalue weighted by molar-refractivity contribution is 7.26. The fourth-order valence-electron chi connectivity index (χ4n) is 9.57. The van der Waals surface area contributed by atoms with E-state index >= 15 is 0 Å². The first-order valence-electron chi connectivity index (χ1n) is 20.5. The van der Waals surface area contributed by atoms with Crippen molar-refractivity contribution in [3.05, 3.63) is 200 Å². The molecule has 9 aromatic carbocycles. The van der Waals surface area contributed by atoms with Crippen molar-refractivity contribution in [1.29, 1.82) is 0 Å². The molecule has 0 atom stereocenters. The molecule has 13 rings (SSSR count). The molecule has 0 unspecified atom stereocenters. The van der Waals surface area contributed by atoms with Crippen molar-refractivity contribution in [2.45, 2.75) is 0 Å². The minimum absolute atomic E-state index is 0.568. The first kappa shape index (κ1) is 34.0. The van der Waals surface area contributed by atoms with Gasteiger partial charge in [0.05, 0.1) is 22.1 Å². The molecule has 5 nitrogen and oxygen atoms in total. The monoisotopic (exact) mass is 795 g/mol. The molecule has 0 radical (unpaired) electrons. The van der Waals surface area contributed by atoms with Crippen LogP contribution in [0, 0.1) is 0 Å². The number of rotatable bonds is 5. The Hall–Kier alpha value is -7.93. The average molecular weight is 796 g/mol. The predicted octanol–water partition coefficient (Wildman–Crippen LogP) is 14.6. The van der Waals surface area contributed by atoms with E-state index in [-0.39, 0.29) is 0 Å². The maximum atomic E-state index is 5.57. The molecule has 0 aliphatic carbocycles. The Kier molecular flexibility index (Phi) is 7.41. The summed E-state index contributed by atoms with van der Waals surface area (Å²) < 4.78 is 7.15. The second kappa shape index (κ2) is 13.3. The Morgan fingerprint density at radius 1 is 0.344 bits per heavy atom. The normalized spacial score (nSPS) is 11.9. The van der Waals surface area contributed by atoms with Crippen LogP contribution >= 0.6 is 11.3 Å². The zero-order chi connectivity index (χ0) is 40.0. The summed E-state index contributed by atoms with van der Waals surface area (Å²) in [4.78, 5) is 16.3. The van der Waals surface area contributed by atoms with E-state index in [4.69, 9.17) is 15.0 Å². The summed E-state index contributed by atoms with van der Waals surface area (Å²) in [7, 11) is 0. The lowest BCUT2D eigenvalue weighted by molar-refractivity contribution is 0.954. The van der Waals surface area contributed by atoms with E-state index in [9.17, 15) is 0 Å². The van der Waals surface area contributed by atoms with Gasteiger partial charge in [-0.25, -0.2) is 4.98 Å². The Morgan fingerprint density at radius 2 is 0.902 bits per heavy atom. The number of hydrogen-bond acceptors (Lipinski definition) is 4. The van der Waals surface area contributed by atoms with E-state index in [0.29, 0.717) is 17.6 Å². The van der Waals surface area contributed by atoms with Gasteiger partial charge in [-0.1, -0.05) is 158 Å². The Labute approximate surface area is 354 Å². The lowest BCUT2D eigenvalue weighted by Gasteiger charge is -2.14. The summed E-state index contributed by atoms with van der Waals surface area (Å²) in [5.41, 5.74) is 9.70. The molecular weight excluding hydrogens is 763 g/mol. The number of hydrogen-bond donors (Lipinski definition) is 0. The van der Waals surface area contributed by atoms with E-state index in [1.54, 1.807) is 11.3 Å². The maximum Gasteiger partial charge on any atom is 0.238 e. The van der Waals surface area contributed by atoms with Crippen molar-refractivity contribution in [2.75, 3.05) is 0 Å². The van der Waals surface area contributed by atoms with E-state index in [1.165, 1.54) is 52.8 Å². The highest BCUT2D eigenvalue weighted by Crippen LogP contribution is 2.47. The van der Waals surface area contributed by atoms with Crippen molar-refractivity contribution >= 4 is 85.9 Å². The maximum absolute atomic E-state index is 5.57. The molecule has 0 aliphatic heterocycles. The Balaban J connectivity index is 1.19. The van der Waals surface area contributed by atoms with Crippen LogP contribution in [0.15, 0.2) is 200 Å². The summed E-state index contributed by atoms with van der Waals surface area (Å²) in [6, 6.07) is 71.2. The Bertz CT molecular complexity index is 3860. The van der Waals surface area contributed by atoms with Gasteiger partial charge < -0.3 is 4.57 Å². The zero-order valence-electron chi connectivity index (χ0n) is 32.7. The van der Waals surface area contributed by atoms with Gasteiger partial charge in [0.15, 0.2) is 11.6 Å². The van der Waals surface area contributed by atoms with Crippen LogP contribution in [-0.2, 0) is 0 Å². The number of thiophene rings is 1. The number of para-hydroxylation sites is 3. The third-order valence-electron chi connectivity index (χ3n) is 12.2. The highest BCUT2D eigenvalue weighted by atomic mass is 32.1. The molecule has 4 aromatic heterocycles. The lowest BCUT2D eigenvalue weighted by Crippen LogP contribution is -2.07. The van der Waals surface area contributed by atoms with Gasteiger partial charge in [0.1, 0.15) is 0 Å². The molecule has 13 aromatic rings. The summed E-state index contributed by atoms with van der Waals surface area (Å²) in [6.07, 6.45) is 0. The minimum Gasteiger partial charge on any atom is -0.307 e. The number of aromatic nitrogens is 5. The van der Waals surface area contributed by atoms with Gasteiger partial charge in [-0.3, -0.25) is 4.57 Å². The van der Waals surface area contributed by atoms with E-state index in [0.717, 1.165) is 49.7 Å². The van der Waals surface area contributed by atoms with Crippen molar-refractivity contribution < 1.29 is 0 Å². The minimum atomic E-state index is 0.568. The quantitative estimate of drug-likeness (QED) is 0.174. The van der Waals surface area contributed by atoms with Crippen LogP contribution in [0.25, 0.3) is 120 Å². The van der Waals surface area contributed by atoms with E-state index in [1.807, 2.05) is 18.2 Å². The van der Waals surface area contributed by atoms with Gasteiger partial charge in [-0.05, 0) is 64.4 Å². The van der Waals surface area contributed by atoms with Crippen LogP contribution in [0.5, 0.6) is 0 Å². The summed E-state index contributed by atoms with van der Waals surface area (Å²) in [5.74, 6) is 1.82. The summed E-state index contributed by atoms with van der Waals surface area (Å²) in [6.45, 7) is 0. The van der Waals surface area contributed by atoms with Crippen molar-refractivity contribution in [3.63, 3.8) is 0 Å². The number of nitrogens with zero attached hydrogens (tertiary/aromatic N) is 5. The van der Waals surface area contributed by atoms with Gasteiger partial charge in [0, 0.05) is 58.5 Å². The largest absolute Gasteiger partial charge is 0.307 e. The van der Waals surface area contributed by atoms with Crippen LogP contribution in [0.3, 0.4) is 0 Å². The first-order chi connectivity index (χ1) is 30.3. The second-order valence-electron chi connectivity index (χ2n) is 15.5. The average Bonchev–Trinajstić information content (AvgIpc) is 4.00. The van der Waals surface area contributed by atoms with Crippen molar-refractivity contribution in [2.24, 2.45) is 0 Å². The van der Waals surface area contributed by atoms with Gasteiger partial charge >= 0.3 is 0 Å². The van der Waals surface area contributed by atoms with Gasteiger partial charge in [-0.15, -0.1) is 11.3 Å². The SMILES string of the molecule is c1ccc(-c2ccc3sc4cccc(-c5nc(-c6ccccc6)nc(-n6c7ccccc7c7c8ccccc8c8c9ccccc9n(-c9ccccc9)c8c76)n5)c4c3c2)cc1. The molecule has 4 heterocycles. The fraction of sp³-hybridized carbons (Fsp3) is 0.